The summed E-state index contributed by atoms with van der Waals surface area (Å²) in [6.07, 6.45) is 0. The van der Waals surface area contributed by atoms with Crippen molar-refractivity contribution in [3.63, 3.8) is 0 Å². The Hall–Kier alpha value is -5.38. The zero-order valence-electron chi connectivity index (χ0n) is 20.5. The first kappa shape index (κ1) is 24.0. The van der Waals surface area contributed by atoms with Gasteiger partial charge in [0.25, 0.3) is 11.1 Å². The Morgan fingerprint density at radius 2 is 1.05 bits per heavy atom. The maximum atomic E-state index is 13.4. The average Bonchev–Trinajstić information content (AvgIpc) is 2.94. The number of fused-ring (bicyclic) bond motifs is 2. The lowest BCUT2D eigenvalue weighted by Crippen LogP contribution is -2.43. The molecule has 0 radical (unpaired) electrons. The van der Waals surface area contributed by atoms with E-state index in [1.807, 2.05) is 60.7 Å². The number of aromatic amines is 2. The number of anilines is 2. The van der Waals surface area contributed by atoms with Crippen LogP contribution >= 0.6 is 0 Å². The first-order valence-corrected chi connectivity index (χ1v) is 12.3. The van der Waals surface area contributed by atoms with E-state index in [0.29, 0.717) is 5.56 Å². The fourth-order valence-corrected chi connectivity index (χ4v) is 5.07. The number of phenolic OH excluding ortho intramolecular Hbond substituents is 1. The van der Waals surface area contributed by atoms with E-state index in [2.05, 4.69) is 15.3 Å². The van der Waals surface area contributed by atoms with Crippen LogP contribution in [-0.2, 0) is 13.1 Å². The van der Waals surface area contributed by atoms with Crippen LogP contribution < -0.4 is 27.8 Å². The van der Waals surface area contributed by atoms with Gasteiger partial charge in [0.05, 0.1) is 30.1 Å². The maximum absolute atomic E-state index is 13.4. The molecule has 0 spiro atoms. The minimum absolute atomic E-state index is 0.0130. The molecule has 194 valence electrons. The number of aromatic hydroxyl groups is 1. The molecule has 0 atom stereocenters. The number of benzene rings is 3. The molecule has 0 unspecified atom stereocenters. The molecule has 10 nitrogen and oxygen atoms in total. The van der Waals surface area contributed by atoms with Crippen LogP contribution in [0.1, 0.15) is 33.7 Å². The monoisotopic (exact) mass is 521 g/mol. The molecule has 0 bridgehead atoms. The van der Waals surface area contributed by atoms with Crippen LogP contribution in [0, 0.1) is 0 Å². The van der Waals surface area contributed by atoms with Crippen LogP contribution in [0.3, 0.4) is 0 Å². The van der Waals surface area contributed by atoms with Gasteiger partial charge in [0.2, 0.25) is 0 Å². The fraction of sp³-hybridized carbons (Fsp3) is 0.103. The molecule has 3 aromatic carbocycles. The van der Waals surface area contributed by atoms with E-state index < -0.39 is 28.4 Å². The van der Waals surface area contributed by atoms with E-state index in [0.717, 1.165) is 11.1 Å². The molecule has 0 amide bonds. The van der Waals surface area contributed by atoms with Crippen LogP contribution in [-0.4, -0.2) is 24.2 Å². The van der Waals surface area contributed by atoms with Gasteiger partial charge >= 0.3 is 11.4 Å². The highest BCUT2D eigenvalue weighted by Crippen LogP contribution is 2.41. The van der Waals surface area contributed by atoms with E-state index in [9.17, 15) is 24.3 Å². The Kier molecular flexibility index (Phi) is 5.84. The van der Waals surface area contributed by atoms with E-state index in [4.69, 9.17) is 0 Å². The number of nitrogens with one attached hydrogen (secondary N) is 3. The molecular formula is C29H23N5O5. The Balaban J connectivity index is 1.65. The highest BCUT2D eigenvalue weighted by Gasteiger charge is 2.36. The first-order valence-electron chi connectivity index (χ1n) is 12.3. The summed E-state index contributed by atoms with van der Waals surface area (Å²) in [5.41, 5.74) is -0.118. The number of H-pyrrole nitrogens is 2. The molecule has 0 aliphatic carbocycles. The summed E-state index contributed by atoms with van der Waals surface area (Å²) in [5.74, 6) is -0.552. The number of rotatable bonds is 5. The predicted octanol–water partition coefficient (Wildman–Crippen LogP) is 2.43. The molecular weight excluding hydrogens is 498 g/mol. The van der Waals surface area contributed by atoms with Gasteiger partial charge in [0, 0.05) is 0 Å². The van der Waals surface area contributed by atoms with Crippen molar-refractivity contribution >= 4 is 11.6 Å². The van der Waals surface area contributed by atoms with Crippen molar-refractivity contribution < 1.29 is 5.11 Å². The predicted molar refractivity (Wildman–Crippen MR) is 146 cm³/mol. The summed E-state index contributed by atoms with van der Waals surface area (Å²) in [6.45, 7) is 0.269. The number of hydrogen-bond acceptors (Lipinski definition) is 6. The topological polar surface area (TPSA) is 142 Å². The van der Waals surface area contributed by atoms with Gasteiger partial charge < -0.3 is 10.4 Å². The van der Waals surface area contributed by atoms with Crippen molar-refractivity contribution in [3.05, 3.63) is 154 Å². The Bertz CT molecular complexity index is 1800. The zero-order valence-corrected chi connectivity index (χ0v) is 20.5. The quantitative estimate of drug-likeness (QED) is 0.275. The van der Waals surface area contributed by atoms with Crippen LogP contribution in [0.2, 0.25) is 0 Å². The smallest absolute Gasteiger partial charge is 0.330 e. The lowest BCUT2D eigenvalue weighted by Gasteiger charge is -2.31. The fourth-order valence-electron chi connectivity index (χ4n) is 5.07. The van der Waals surface area contributed by atoms with Gasteiger partial charge in [-0.15, -0.1) is 0 Å². The van der Waals surface area contributed by atoms with Crippen LogP contribution in [0.5, 0.6) is 5.75 Å². The zero-order chi connectivity index (χ0) is 27.1. The normalized spacial score (nSPS) is 12.4. The van der Waals surface area contributed by atoms with Gasteiger partial charge in [-0.05, 0) is 28.8 Å². The molecule has 0 saturated carbocycles. The van der Waals surface area contributed by atoms with Crippen molar-refractivity contribution in [2.24, 2.45) is 0 Å². The lowest BCUT2D eigenvalue weighted by atomic mass is 9.84. The van der Waals surface area contributed by atoms with Crippen LogP contribution in [0.4, 0.5) is 11.6 Å². The van der Waals surface area contributed by atoms with Gasteiger partial charge in [-0.3, -0.25) is 28.7 Å². The van der Waals surface area contributed by atoms with Crippen molar-refractivity contribution in [2.45, 2.75) is 19.0 Å². The molecule has 3 heterocycles. The van der Waals surface area contributed by atoms with E-state index in [1.54, 1.807) is 12.1 Å². The number of phenols is 1. The Labute approximate surface area is 220 Å². The summed E-state index contributed by atoms with van der Waals surface area (Å²) in [5, 5.41) is 13.0. The second-order valence-corrected chi connectivity index (χ2v) is 9.34. The molecule has 0 saturated heterocycles. The van der Waals surface area contributed by atoms with Gasteiger partial charge in [0.1, 0.15) is 17.4 Å². The largest absolute Gasteiger partial charge is 0.508 e. The molecule has 6 rings (SSSR count). The minimum Gasteiger partial charge on any atom is -0.508 e. The van der Waals surface area contributed by atoms with Gasteiger partial charge in [0.15, 0.2) is 0 Å². The Morgan fingerprint density at radius 3 is 1.49 bits per heavy atom. The highest BCUT2D eigenvalue weighted by atomic mass is 16.3. The van der Waals surface area contributed by atoms with Crippen molar-refractivity contribution in [3.8, 4) is 5.75 Å². The molecule has 5 aromatic rings. The van der Waals surface area contributed by atoms with Crippen molar-refractivity contribution in [2.75, 3.05) is 5.32 Å². The molecule has 0 fully saturated rings. The average molecular weight is 522 g/mol. The Morgan fingerprint density at radius 1 is 0.615 bits per heavy atom. The van der Waals surface area contributed by atoms with E-state index >= 15 is 0 Å². The molecule has 2 aromatic heterocycles. The summed E-state index contributed by atoms with van der Waals surface area (Å²) in [6, 6.07) is 24.7. The van der Waals surface area contributed by atoms with Crippen LogP contribution in [0.15, 0.2) is 104 Å². The second kappa shape index (κ2) is 9.49. The third-order valence-corrected chi connectivity index (χ3v) is 6.88. The SMILES string of the molecule is O=c1[nH]c(=O)n(Cc2ccccc2)c2c1C(c1ccc(O)cc1)c1c(n(Cc3ccccc3)c(=O)[nH]c1=O)N2. The highest BCUT2D eigenvalue weighted by molar-refractivity contribution is 5.71. The number of nitrogens with zero attached hydrogens (tertiary/aromatic N) is 2. The summed E-state index contributed by atoms with van der Waals surface area (Å²) >= 11 is 0. The first-order chi connectivity index (χ1) is 18.9. The third-order valence-electron chi connectivity index (χ3n) is 6.88. The minimum atomic E-state index is -0.936. The standard InChI is InChI=1S/C29H23N5O5/c35-20-13-11-19(12-14-20)21-22-24(33(28(38)31-26(22)36)15-17-7-3-1-4-8-17)30-25-23(21)27(37)32-29(39)34(25)16-18-9-5-2-6-10-18/h1-14,21,30,35H,15-16H2,(H,31,36,38)(H,32,37,39). The molecule has 10 heteroatoms. The molecule has 39 heavy (non-hydrogen) atoms. The third kappa shape index (κ3) is 4.27. The summed E-state index contributed by atoms with van der Waals surface area (Å²) in [4.78, 5) is 57.8. The van der Waals surface area contributed by atoms with Crippen LogP contribution in [0.25, 0.3) is 0 Å². The van der Waals surface area contributed by atoms with Crippen molar-refractivity contribution in [1.29, 1.82) is 0 Å². The van der Waals surface area contributed by atoms with Gasteiger partial charge in [-0.1, -0.05) is 72.8 Å². The van der Waals surface area contributed by atoms with Gasteiger partial charge in [-0.2, -0.15) is 0 Å². The molecule has 4 N–H and O–H groups in total. The van der Waals surface area contributed by atoms with E-state index in [-0.39, 0.29) is 41.6 Å². The number of aromatic nitrogens is 4. The van der Waals surface area contributed by atoms with Gasteiger partial charge in [-0.25, -0.2) is 9.59 Å². The number of hydrogen-bond donors (Lipinski definition) is 4. The second-order valence-electron chi connectivity index (χ2n) is 9.34. The molecule has 1 aliphatic rings. The lowest BCUT2D eigenvalue weighted by molar-refractivity contribution is 0.475. The van der Waals surface area contributed by atoms with Crippen molar-refractivity contribution in [1.82, 2.24) is 19.1 Å². The summed E-state index contributed by atoms with van der Waals surface area (Å²) < 4.78 is 2.78. The maximum Gasteiger partial charge on any atom is 0.330 e. The summed E-state index contributed by atoms with van der Waals surface area (Å²) in [7, 11) is 0. The molecule has 1 aliphatic heterocycles. The van der Waals surface area contributed by atoms with E-state index in [1.165, 1.54) is 21.3 Å².